The van der Waals surface area contributed by atoms with Crippen LogP contribution >= 0.6 is 0 Å². The highest BCUT2D eigenvalue weighted by atomic mass is 16.2. The number of hydrogen-bond donors (Lipinski definition) is 1. The SMILES string of the molecule is Cc1cc(C)cc(NC(=O)c2cc3c4c(c2)CCN4C(=O)CC3)c1. The summed E-state index contributed by atoms with van der Waals surface area (Å²) < 4.78 is 0. The van der Waals surface area contributed by atoms with Gasteiger partial charge in [-0.1, -0.05) is 6.07 Å². The van der Waals surface area contributed by atoms with E-state index >= 15 is 0 Å². The van der Waals surface area contributed by atoms with Crippen LogP contribution < -0.4 is 10.2 Å². The Morgan fingerprint density at radius 3 is 2.33 bits per heavy atom. The lowest BCUT2D eigenvalue weighted by Crippen LogP contribution is -2.33. The lowest BCUT2D eigenvalue weighted by Gasteiger charge is -2.25. The molecule has 0 bridgehead atoms. The molecule has 0 aliphatic carbocycles. The molecule has 4 nitrogen and oxygen atoms in total. The number of benzene rings is 2. The fraction of sp³-hybridized carbons (Fsp3) is 0.300. The van der Waals surface area contributed by atoms with Crippen molar-refractivity contribution in [1.29, 1.82) is 0 Å². The fourth-order valence-corrected chi connectivity index (χ4v) is 3.84. The van der Waals surface area contributed by atoms with E-state index in [1.165, 1.54) is 0 Å². The van der Waals surface area contributed by atoms with Crippen molar-refractivity contribution in [3.63, 3.8) is 0 Å². The van der Waals surface area contributed by atoms with Crippen molar-refractivity contribution < 1.29 is 9.59 Å². The minimum absolute atomic E-state index is 0.0885. The molecule has 2 amide bonds. The summed E-state index contributed by atoms with van der Waals surface area (Å²) in [5, 5.41) is 3.00. The lowest BCUT2D eigenvalue weighted by atomic mass is 9.96. The average Bonchev–Trinajstić information content (AvgIpc) is 2.95. The summed E-state index contributed by atoms with van der Waals surface area (Å²) in [5.74, 6) is 0.114. The third kappa shape index (κ3) is 2.48. The first kappa shape index (κ1) is 14.9. The van der Waals surface area contributed by atoms with Gasteiger partial charge in [0.2, 0.25) is 5.91 Å². The van der Waals surface area contributed by atoms with Gasteiger partial charge in [0.1, 0.15) is 0 Å². The van der Waals surface area contributed by atoms with Gasteiger partial charge in [0.05, 0.1) is 5.69 Å². The smallest absolute Gasteiger partial charge is 0.255 e. The summed E-state index contributed by atoms with van der Waals surface area (Å²) in [6.07, 6.45) is 2.09. The molecule has 0 spiro atoms. The molecule has 0 saturated carbocycles. The molecular weight excluding hydrogens is 300 g/mol. The van der Waals surface area contributed by atoms with Gasteiger partial charge in [-0.2, -0.15) is 0 Å². The quantitative estimate of drug-likeness (QED) is 0.922. The zero-order valence-electron chi connectivity index (χ0n) is 14.0. The number of nitrogens with zero attached hydrogens (tertiary/aromatic N) is 1. The van der Waals surface area contributed by atoms with Crippen molar-refractivity contribution in [2.24, 2.45) is 0 Å². The molecule has 0 saturated heterocycles. The third-order valence-corrected chi connectivity index (χ3v) is 4.79. The lowest BCUT2D eigenvalue weighted by molar-refractivity contribution is -0.118. The fourth-order valence-electron chi connectivity index (χ4n) is 3.84. The minimum atomic E-state index is -0.0885. The zero-order chi connectivity index (χ0) is 16.8. The molecule has 1 N–H and O–H groups in total. The van der Waals surface area contributed by atoms with Crippen molar-refractivity contribution >= 4 is 23.2 Å². The normalized spacial score (nSPS) is 15.4. The molecule has 4 heteroatoms. The van der Waals surface area contributed by atoms with Gasteiger partial charge < -0.3 is 10.2 Å². The van der Waals surface area contributed by atoms with E-state index in [4.69, 9.17) is 0 Å². The molecular formula is C20H20N2O2. The third-order valence-electron chi connectivity index (χ3n) is 4.79. The van der Waals surface area contributed by atoms with Crippen LogP contribution in [0, 0.1) is 13.8 Å². The van der Waals surface area contributed by atoms with Crippen molar-refractivity contribution in [2.75, 3.05) is 16.8 Å². The number of carbonyl (C=O) groups excluding carboxylic acids is 2. The van der Waals surface area contributed by atoms with Gasteiger partial charge in [-0.05, 0) is 73.2 Å². The molecule has 122 valence electrons. The number of carbonyl (C=O) groups is 2. The predicted octanol–water partition coefficient (Wildman–Crippen LogP) is 3.39. The van der Waals surface area contributed by atoms with Crippen LogP contribution in [0.15, 0.2) is 30.3 Å². The summed E-state index contributed by atoms with van der Waals surface area (Å²) >= 11 is 0. The first-order valence-corrected chi connectivity index (χ1v) is 8.37. The molecule has 4 rings (SSSR count). The molecule has 0 radical (unpaired) electrons. The van der Waals surface area contributed by atoms with E-state index < -0.39 is 0 Å². The highest BCUT2D eigenvalue weighted by molar-refractivity contribution is 6.06. The van der Waals surface area contributed by atoms with Crippen LogP contribution in [0.1, 0.15) is 39.0 Å². The molecule has 0 fully saturated rings. The van der Waals surface area contributed by atoms with Crippen molar-refractivity contribution in [1.82, 2.24) is 0 Å². The van der Waals surface area contributed by atoms with Crippen LogP contribution in [-0.4, -0.2) is 18.4 Å². The number of aryl methyl sites for hydroxylation is 3. The van der Waals surface area contributed by atoms with E-state index in [1.54, 1.807) is 0 Å². The second kappa shape index (κ2) is 5.48. The van der Waals surface area contributed by atoms with E-state index in [1.807, 2.05) is 43.0 Å². The second-order valence-electron chi connectivity index (χ2n) is 6.77. The zero-order valence-corrected chi connectivity index (χ0v) is 14.0. The molecule has 0 aromatic heterocycles. The summed E-state index contributed by atoms with van der Waals surface area (Å²) in [6.45, 7) is 4.78. The van der Waals surface area contributed by atoms with Crippen molar-refractivity contribution in [2.45, 2.75) is 33.1 Å². The Kier molecular flexibility index (Phi) is 3.41. The first-order chi connectivity index (χ1) is 11.5. The van der Waals surface area contributed by atoms with Gasteiger partial charge in [-0.15, -0.1) is 0 Å². The van der Waals surface area contributed by atoms with Crippen LogP contribution in [0.2, 0.25) is 0 Å². The standard InChI is InChI=1S/C20H20N2O2/c1-12-7-13(2)9-17(8-12)21-20(24)16-10-14-3-4-18(23)22-6-5-15(11-16)19(14)22/h7-11H,3-6H2,1-2H3,(H,21,24). The van der Waals surface area contributed by atoms with Crippen LogP contribution in [-0.2, 0) is 17.6 Å². The van der Waals surface area contributed by atoms with Crippen LogP contribution in [0.5, 0.6) is 0 Å². The summed E-state index contributed by atoms with van der Waals surface area (Å²) in [4.78, 5) is 26.5. The number of hydrogen-bond acceptors (Lipinski definition) is 2. The van der Waals surface area contributed by atoms with Gasteiger partial charge >= 0.3 is 0 Å². The maximum absolute atomic E-state index is 12.7. The number of rotatable bonds is 2. The largest absolute Gasteiger partial charge is 0.322 e. The Morgan fingerprint density at radius 1 is 0.958 bits per heavy atom. The topological polar surface area (TPSA) is 49.4 Å². The average molecular weight is 320 g/mol. The Balaban J connectivity index is 1.65. The van der Waals surface area contributed by atoms with Crippen molar-refractivity contribution in [3.05, 3.63) is 58.1 Å². The van der Waals surface area contributed by atoms with Gasteiger partial charge in [0, 0.05) is 24.2 Å². The van der Waals surface area contributed by atoms with Crippen LogP contribution in [0.4, 0.5) is 11.4 Å². The Morgan fingerprint density at radius 2 is 1.62 bits per heavy atom. The molecule has 2 aromatic rings. The van der Waals surface area contributed by atoms with E-state index in [-0.39, 0.29) is 11.8 Å². The summed E-state index contributed by atoms with van der Waals surface area (Å²) in [6, 6.07) is 9.92. The first-order valence-electron chi connectivity index (χ1n) is 8.37. The summed E-state index contributed by atoms with van der Waals surface area (Å²) in [5.41, 5.74) is 7.05. The van der Waals surface area contributed by atoms with Gasteiger partial charge in [-0.3, -0.25) is 9.59 Å². The molecule has 2 aromatic carbocycles. The van der Waals surface area contributed by atoms with Crippen LogP contribution in [0.3, 0.4) is 0 Å². The molecule has 0 unspecified atom stereocenters. The number of anilines is 2. The summed E-state index contributed by atoms with van der Waals surface area (Å²) in [7, 11) is 0. The van der Waals surface area contributed by atoms with Gasteiger partial charge in [0.25, 0.3) is 5.91 Å². The molecule has 2 aliphatic rings. The predicted molar refractivity (Wildman–Crippen MR) is 94.7 cm³/mol. The Labute approximate surface area is 141 Å². The maximum atomic E-state index is 12.7. The highest BCUT2D eigenvalue weighted by Crippen LogP contribution is 2.37. The maximum Gasteiger partial charge on any atom is 0.255 e. The second-order valence-corrected chi connectivity index (χ2v) is 6.77. The van der Waals surface area contributed by atoms with Gasteiger partial charge in [0.15, 0.2) is 0 Å². The van der Waals surface area contributed by atoms with E-state index in [0.29, 0.717) is 12.0 Å². The molecule has 2 heterocycles. The van der Waals surface area contributed by atoms with E-state index in [0.717, 1.165) is 53.0 Å². The molecule has 2 aliphatic heterocycles. The van der Waals surface area contributed by atoms with Crippen molar-refractivity contribution in [3.8, 4) is 0 Å². The van der Waals surface area contributed by atoms with Gasteiger partial charge in [-0.25, -0.2) is 0 Å². The number of amides is 2. The van der Waals surface area contributed by atoms with Crippen LogP contribution in [0.25, 0.3) is 0 Å². The molecule has 24 heavy (non-hydrogen) atoms. The van der Waals surface area contributed by atoms with E-state index in [2.05, 4.69) is 11.4 Å². The Hall–Kier alpha value is -2.62. The Bertz CT molecular complexity index is 850. The molecule has 0 atom stereocenters. The number of nitrogens with one attached hydrogen (secondary N) is 1. The monoisotopic (exact) mass is 320 g/mol. The van der Waals surface area contributed by atoms with E-state index in [9.17, 15) is 9.59 Å². The minimum Gasteiger partial charge on any atom is -0.322 e. The highest BCUT2D eigenvalue weighted by Gasteiger charge is 2.31.